The van der Waals surface area contributed by atoms with Gasteiger partial charge in [-0.05, 0) is 24.1 Å². The molecule has 0 spiro atoms. The second-order valence-corrected chi connectivity index (χ2v) is 6.37. The zero-order chi connectivity index (χ0) is 14.8. The average molecular weight is 310 g/mol. The normalized spacial score (nSPS) is 13.5. The minimum atomic E-state index is -4.26. The summed E-state index contributed by atoms with van der Waals surface area (Å²) in [7, 11) is -4.26. The standard InChI is InChI=1S/C11H13ClFNO4S/c1-6(2)10(11(15)16)14-19(17,18)9-4-3-7(12)5-8(9)13/h3-6,10,14H,1-2H3,(H,15,16)/t10-/m0/s1. The van der Waals surface area contributed by atoms with Crippen LogP contribution in [0.4, 0.5) is 4.39 Å². The third kappa shape index (κ3) is 3.89. The summed E-state index contributed by atoms with van der Waals surface area (Å²) < 4.78 is 39.4. The minimum absolute atomic E-state index is 0.0510. The Labute approximate surface area is 115 Å². The SMILES string of the molecule is CC(C)[C@H](NS(=O)(=O)c1ccc(Cl)cc1F)C(=O)O. The summed E-state index contributed by atoms with van der Waals surface area (Å²) in [6.07, 6.45) is 0. The van der Waals surface area contributed by atoms with Crippen LogP contribution in [0.5, 0.6) is 0 Å². The van der Waals surface area contributed by atoms with Crippen LogP contribution in [-0.2, 0) is 14.8 Å². The molecule has 0 aliphatic heterocycles. The lowest BCUT2D eigenvalue weighted by molar-refractivity contribution is -0.140. The van der Waals surface area contributed by atoms with Gasteiger partial charge in [0.2, 0.25) is 10.0 Å². The fourth-order valence-corrected chi connectivity index (χ4v) is 2.95. The molecule has 106 valence electrons. The lowest BCUT2D eigenvalue weighted by Gasteiger charge is -2.18. The van der Waals surface area contributed by atoms with Crippen LogP contribution in [0, 0.1) is 11.7 Å². The maximum Gasteiger partial charge on any atom is 0.322 e. The monoisotopic (exact) mass is 309 g/mol. The van der Waals surface area contributed by atoms with Gasteiger partial charge in [0.15, 0.2) is 0 Å². The number of rotatable bonds is 5. The van der Waals surface area contributed by atoms with Crippen molar-refractivity contribution in [3.05, 3.63) is 29.0 Å². The predicted molar refractivity (Wildman–Crippen MR) is 68.0 cm³/mol. The Morgan fingerprint density at radius 3 is 2.42 bits per heavy atom. The highest BCUT2D eigenvalue weighted by Crippen LogP contribution is 2.19. The van der Waals surface area contributed by atoms with E-state index in [1.807, 2.05) is 4.72 Å². The summed E-state index contributed by atoms with van der Waals surface area (Å²) in [6.45, 7) is 3.08. The number of halogens is 2. The van der Waals surface area contributed by atoms with E-state index in [1.165, 1.54) is 6.07 Å². The number of hydrogen-bond acceptors (Lipinski definition) is 3. The molecular formula is C11H13ClFNO4S. The maximum atomic E-state index is 13.5. The molecule has 1 atom stereocenters. The van der Waals surface area contributed by atoms with Crippen molar-refractivity contribution < 1.29 is 22.7 Å². The minimum Gasteiger partial charge on any atom is -0.480 e. The quantitative estimate of drug-likeness (QED) is 0.869. The lowest BCUT2D eigenvalue weighted by Crippen LogP contribution is -2.44. The molecule has 0 bridgehead atoms. The molecule has 1 aromatic rings. The van der Waals surface area contributed by atoms with Crippen molar-refractivity contribution in [3.63, 3.8) is 0 Å². The van der Waals surface area contributed by atoms with Gasteiger partial charge in [-0.1, -0.05) is 25.4 Å². The van der Waals surface area contributed by atoms with E-state index in [4.69, 9.17) is 16.7 Å². The summed E-state index contributed by atoms with van der Waals surface area (Å²) >= 11 is 5.52. The molecule has 0 aliphatic rings. The largest absolute Gasteiger partial charge is 0.480 e. The highest BCUT2D eigenvalue weighted by molar-refractivity contribution is 7.89. The van der Waals surface area contributed by atoms with Crippen LogP contribution in [0.15, 0.2) is 23.1 Å². The molecule has 0 unspecified atom stereocenters. The van der Waals surface area contributed by atoms with Gasteiger partial charge in [0.25, 0.3) is 0 Å². The van der Waals surface area contributed by atoms with Crippen molar-refractivity contribution in [1.82, 2.24) is 4.72 Å². The fraction of sp³-hybridized carbons (Fsp3) is 0.364. The van der Waals surface area contributed by atoms with Gasteiger partial charge in [-0.2, -0.15) is 4.72 Å². The maximum absolute atomic E-state index is 13.5. The number of sulfonamides is 1. The zero-order valence-electron chi connectivity index (χ0n) is 10.2. The van der Waals surface area contributed by atoms with E-state index in [-0.39, 0.29) is 5.02 Å². The third-order valence-electron chi connectivity index (χ3n) is 2.40. The molecule has 8 heteroatoms. The summed E-state index contributed by atoms with van der Waals surface area (Å²) in [5.74, 6) is -2.84. The van der Waals surface area contributed by atoms with Crippen LogP contribution in [0.25, 0.3) is 0 Å². The van der Waals surface area contributed by atoms with E-state index in [2.05, 4.69) is 0 Å². The summed E-state index contributed by atoms with van der Waals surface area (Å²) in [5.41, 5.74) is 0. The molecule has 1 rings (SSSR count). The van der Waals surface area contributed by atoms with Gasteiger partial charge < -0.3 is 5.11 Å². The molecule has 0 aliphatic carbocycles. The molecule has 0 saturated carbocycles. The van der Waals surface area contributed by atoms with E-state index < -0.39 is 38.7 Å². The van der Waals surface area contributed by atoms with Crippen molar-refractivity contribution in [2.75, 3.05) is 0 Å². The molecule has 19 heavy (non-hydrogen) atoms. The summed E-state index contributed by atoms with van der Waals surface area (Å²) in [5, 5.41) is 8.98. The molecule has 1 aromatic carbocycles. The Morgan fingerprint density at radius 2 is 2.00 bits per heavy atom. The summed E-state index contributed by atoms with van der Waals surface area (Å²) in [4.78, 5) is 10.3. The Bertz CT molecular complexity index is 588. The first-order valence-electron chi connectivity index (χ1n) is 5.35. The molecule has 0 amide bonds. The first kappa shape index (κ1) is 15.9. The van der Waals surface area contributed by atoms with Crippen molar-refractivity contribution in [3.8, 4) is 0 Å². The van der Waals surface area contributed by atoms with Gasteiger partial charge in [0.1, 0.15) is 16.8 Å². The second-order valence-electron chi connectivity index (χ2n) is 4.26. The van der Waals surface area contributed by atoms with E-state index in [0.29, 0.717) is 0 Å². The molecule has 2 N–H and O–H groups in total. The Hall–Kier alpha value is -1.18. The highest BCUT2D eigenvalue weighted by Gasteiger charge is 2.29. The van der Waals surface area contributed by atoms with Crippen LogP contribution in [-0.4, -0.2) is 25.5 Å². The number of carboxylic acid groups (broad SMARTS) is 1. The van der Waals surface area contributed by atoms with E-state index in [9.17, 15) is 17.6 Å². The number of carbonyl (C=O) groups is 1. The van der Waals surface area contributed by atoms with Crippen molar-refractivity contribution in [2.45, 2.75) is 24.8 Å². The van der Waals surface area contributed by atoms with Crippen LogP contribution in [0.1, 0.15) is 13.8 Å². The Balaban J connectivity index is 3.14. The van der Waals surface area contributed by atoms with E-state index >= 15 is 0 Å². The first-order chi connectivity index (χ1) is 8.65. The first-order valence-corrected chi connectivity index (χ1v) is 7.21. The van der Waals surface area contributed by atoms with Crippen molar-refractivity contribution in [2.24, 2.45) is 5.92 Å². The molecule has 0 heterocycles. The van der Waals surface area contributed by atoms with Gasteiger partial charge in [0, 0.05) is 5.02 Å². The number of nitrogens with one attached hydrogen (secondary N) is 1. The van der Waals surface area contributed by atoms with Gasteiger partial charge in [-0.15, -0.1) is 0 Å². The van der Waals surface area contributed by atoms with Crippen molar-refractivity contribution >= 4 is 27.6 Å². The van der Waals surface area contributed by atoms with Crippen LogP contribution in [0.2, 0.25) is 5.02 Å². The zero-order valence-corrected chi connectivity index (χ0v) is 11.8. The topological polar surface area (TPSA) is 83.5 Å². The Kier molecular flexibility index (Phi) is 4.89. The van der Waals surface area contributed by atoms with Gasteiger partial charge >= 0.3 is 5.97 Å². The van der Waals surface area contributed by atoms with Gasteiger partial charge in [0.05, 0.1) is 0 Å². The molecular weight excluding hydrogens is 297 g/mol. The number of hydrogen-bond donors (Lipinski definition) is 2. The number of benzene rings is 1. The van der Waals surface area contributed by atoms with Crippen LogP contribution < -0.4 is 4.72 Å². The molecule has 0 fully saturated rings. The summed E-state index contributed by atoms with van der Waals surface area (Å²) in [6, 6.07) is 1.71. The highest BCUT2D eigenvalue weighted by atomic mass is 35.5. The van der Waals surface area contributed by atoms with Gasteiger partial charge in [-0.25, -0.2) is 12.8 Å². The average Bonchev–Trinajstić information content (AvgIpc) is 2.24. The van der Waals surface area contributed by atoms with E-state index in [1.54, 1.807) is 13.8 Å². The van der Waals surface area contributed by atoms with Crippen LogP contribution >= 0.6 is 11.6 Å². The van der Waals surface area contributed by atoms with E-state index in [0.717, 1.165) is 12.1 Å². The number of carboxylic acids is 1. The van der Waals surface area contributed by atoms with Crippen molar-refractivity contribution in [1.29, 1.82) is 0 Å². The molecule has 0 saturated heterocycles. The lowest BCUT2D eigenvalue weighted by atomic mass is 10.1. The smallest absolute Gasteiger partial charge is 0.322 e. The van der Waals surface area contributed by atoms with Crippen LogP contribution in [0.3, 0.4) is 0 Å². The molecule has 5 nitrogen and oxygen atoms in total. The fourth-order valence-electron chi connectivity index (χ4n) is 1.40. The van der Waals surface area contributed by atoms with Gasteiger partial charge in [-0.3, -0.25) is 4.79 Å². The molecule has 0 radical (unpaired) electrons. The number of aliphatic carboxylic acids is 1. The molecule has 0 aromatic heterocycles. The third-order valence-corrected chi connectivity index (χ3v) is 4.11. The second kappa shape index (κ2) is 5.85. The Morgan fingerprint density at radius 1 is 1.42 bits per heavy atom. The predicted octanol–water partition coefficient (Wildman–Crippen LogP) is 1.87.